The molecule has 5 heteroatoms. The second-order valence-electron chi connectivity index (χ2n) is 9.99. The Hall–Kier alpha value is -5.68. The van der Waals surface area contributed by atoms with E-state index in [0.717, 1.165) is 66.9 Å². The van der Waals surface area contributed by atoms with Crippen LogP contribution in [0, 0.1) is 0 Å². The average Bonchev–Trinajstić information content (AvgIpc) is 3.45. The molecule has 0 bridgehead atoms. The fraction of sp³-hybridized carbons (Fsp3) is 0. The molecule has 0 N–H and O–H groups in total. The van der Waals surface area contributed by atoms with Gasteiger partial charge < -0.3 is 0 Å². The van der Waals surface area contributed by atoms with E-state index in [4.69, 9.17) is 19.9 Å². The molecule has 0 radical (unpaired) electrons. The number of fused-ring (bicyclic) bond motifs is 5. The molecule has 5 nitrogen and oxygen atoms in total. The topological polar surface area (TPSA) is 56.0 Å². The lowest BCUT2D eigenvalue weighted by Gasteiger charge is -2.11. The molecule has 0 saturated carbocycles. The number of hydrogen-bond acceptors (Lipinski definition) is 4. The van der Waals surface area contributed by atoms with Gasteiger partial charge in [0.05, 0.1) is 28.1 Å². The monoisotopic (exact) mass is 525 g/mol. The molecule has 8 aromatic rings. The smallest absolute Gasteiger partial charge is 0.160 e. The first kappa shape index (κ1) is 23.2. The van der Waals surface area contributed by atoms with E-state index >= 15 is 0 Å². The Bertz CT molecular complexity index is 2140. The summed E-state index contributed by atoms with van der Waals surface area (Å²) in [7, 11) is 0. The fourth-order valence-corrected chi connectivity index (χ4v) is 5.45. The summed E-state index contributed by atoms with van der Waals surface area (Å²) in [5.41, 5.74) is 10.4. The number of nitrogens with zero attached hydrogens (tertiary/aromatic N) is 5. The summed E-state index contributed by atoms with van der Waals surface area (Å²) in [4.78, 5) is 20.2. The number of benzene rings is 4. The Kier molecular flexibility index (Phi) is 5.38. The van der Waals surface area contributed by atoms with Crippen LogP contribution in [0.4, 0.5) is 0 Å². The first-order valence-corrected chi connectivity index (χ1v) is 13.6. The van der Waals surface area contributed by atoms with E-state index in [2.05, 4.69) is 65.2 Å². The average molecular weight is 526 g/mol. The molecule has 0 fully saturated rings. The van der Waals surface area contributed by atoms with Crippen molar-refractivity contribution in [3.05, 3.63) is 140 Å². The Morgan fingerprint density at radius 3 is 1.95 bits per heavy atom. The van der Waals surface area contributed by atoms with Gasteiger partial charge in [0.25, 0.3) is 0 Å². The zero-order valence-electron chi connectivity index (χ0n) is 22.0. The maximum atomic E-state index is 5.17. The molecule has 41 heavy (non-hydrogen) atoms. The van der Waals surface area contributed by atoms with Gasteiger partial charge in [-0.15, -0.1) is 0 Å². The lowest BCUT2D eigenvalue weighted by molar-refractivity contribution is 1.18. The number of para-hydroxylation sites is 1. The number of hydrogen-bond donors (Lipinski definition) is 0. The normalized spacial score (nSPS) is 11.4. The molecule has 0 aliphatic carbocycles. The molecule has 0 saturated heterocycles. The maximum Gasteiger partial charge on any atom is 0.160 e. The van der Waals surface area contributed by atoms with E-state index in [1.807, 2.05) is 78.9 Å². The van der Waals surface area contributed by atoms with Gasteiger partial charge in [-0.1, -0.05) is 103 Å². The van der Waals surface area contributed by atoms with Gasteiger partial charge in [-0.25, -0.2) is 19.9 Å². The Balaban J connectivity index is 1.36. The van der Waals surface area contributed by atoms with Gasteiger partial charge in [-0.2, -0.15) is 0 Å². The van der Waals surface area contributed by atoms with Crippen LogP contribution in [0.1, 0.15) is 0 Å². The van der Waals surface area contributed by atoms with Gasteiger partial charge in [0.1, 0.15) is 11.2 Å². The second kappa shape index (κ2) is 9.50. The molecular formula is C36H23N5. The van der Waals surface area contributed by atoms with Crippen molar-refractivity contribution in [1.82, 2.24) is 24.3 Å². The lowest BCUT2D eigenvalue weighted by atomic mass is 10.0. The minimum atomic E-state index is 0.695. The fourth-order valence-electron chi connectivity index (χ4n) is 5.45. The molecule has 0 spiro atoms. The predicted molar refractivity (Wildman–Crippen MR) is 165 cm³/mol. The SMILES string of the molecule is c1ccc(-c2cc(-c3cccc(-c4nc5ccccc5c5nc6ccccn6c45)c3)nc(-c3ccccc3)n2)cc1. The molecule has 0 unspecified atom stereocenters. The number of rotatable bonds is 4. The molecule has 4 aromatic carbocycles. The third-order valence-corrected chi connectivity index (χ3v) is 7.41. The van der Waals surface area contributed by atoms with E-state index in [1.165, 1.54) is 0 Å². The molecule has 4 aromatic heterocycles. The quantitative estimate of drug-likeness (QED) is 0.231. The van der Waals surface area contributed by atoms with Crippen LogP contribution < -0.4 is 0 Å². The van der Waals surface area contributed by atoms with Crippen molar-refractivity contribution in [2.75, 3.05) is 0 Å². The van der Waals surface area contributed by atoms with Crippen LogP contribution in [0.5, 0.6) is 0 Å². The highest BCUT2D eigenvalue weighted by molar-refractivity contribution is 6.09. The molecule has 0 atom stereocenters. The summed E-state index contributed by atoms with van der Waals surface area (Å²) in [5, 5.41) is 1.04. The van der Waals surface area contributed by atoms with Gasteiger partial charge in [0, 0.05) is 33.8 Å². The van der Waals surface area contributed by atoms with Crippen molar-refractivity contribution in [2.24, 2.45) is 0 Å². The molecule has 0 aliphatic heterocycles. The van der Waals surface area contributed by atoms with Crippen molar-refractivity contribution in [3.63, 3.8) is 0 Å². The predicted octanol–water partition coefficient (Wildman–Crippen LogP) is 8.49. The molecule has 192 valence electrons. The molecule has 8 rings (SSSR count). The van der Waals surface area contributed by atoms with E-state index in [1.54, 1.807) is 0 Å². The van der Waals surface area contributed by atoms with Crippen LogP contribution in [0.15, 0.2) is 140 Å². The Morgan fingerprint density at radius 1 is 0.463 bits per heavy atom. The highest BCUT2D eigenvalue weighted by Crippen LogP contribution is 2.35. The lowest BCUT2D eigenvalue weighted by Crippen LogP contribution is -1.96. The van der Waals surface area contributed by atoms with E-state index in [9.17, 15) is 0 Å². The number of imidazole rings is 1. The first-order valence-electron chi connectivity index (χ1n) is 13.6. The van der Waals surface area contributed by atoms with Gasteiger partial charge >= 0.3 is 0 Å². The van der Waals surface area contributed by atoms with Gasteiger partial charge in [-0.05, 0) is 30.3 Å². The van der Waals surface area contributed by atoms with Crippen molar-refractivity contribution >= 4 is 27.6 Å². The maximum absolute atomic E-state index is 5.17. The van der Waals surface area contributed by atoms with Crippen molar-refractivity contribution in [2.45, 2.75) is 0 Å². The standard InChI is InChI=1S/C36H23N5/c1-3-12-24(13-4-1)30-23-31(39-36(38-30)25-14-5-2-6-15-25)26-16-11-17-27(22-26)33-35-34(28-18-7-8-19-29(28)37-33)40-32-20-9-10-21-41(32)35/h1-23H. The third kappa shape index (κ3) is 4.03. The van der Waals surface area contributed by atoms with Crippen LogP contribution in [-0.2, 0) is 0 Å². The van der Waals surface area contributed by atoms with Crippen molar-refractivity contribution in [3.8, 4) is 45.2 Å². The molecule has 4 heterocycles. The Labute approximate surface area is 236 Å². The van der Waals surface area contributed by atoms with Crippen LogP contribution in [0.2, 0.25) is 0 Å². The summed E-state index contributed by atoms with van der Waals surface area (Å²) in [6.07, 6.45) is 2.05. The summed E-state index contributed by atoms with van der Waals surface area (Å²) in [6, 6.07) is 45.2. The zero-order chi connectivity index (χ0) is 27.2. The minimum Gasteiger partial charge on any atom is -0.298 e. The summed E-state index contributed by atoms with van der Waals surface area (Å²) >= 11 is 0. The largest absolute Gasteiger partial charge is 0.298 e. The van der Waals surface area contributed by atoms with Crippen molar-refractivity contribution < 1.29 is 0 Å². The summed E-state index contributed by atoms with van der Waals surface area (Å²) in [5.74, 6) is 0.695. The van der Waals surface area contributed by atoms with Gasteiger partial charge in [0.2, 0.25) is 0 Å². The highest BCUT2D eigenvalue weighted by atomic mass is 15.0. The Morgan fingerprint density at radius 2 is 1.12 bits per heavy atom. The van der Waals surface area contributed by atoms with E-state index < -0.39 is 0 Å². The second-order valence-corrected chi connectivity index (χ2v) is 9.99. The summed E-state index contributed by atoms with van der Waals surface area (Å²) < 4.78 is 2.13. The van der Waals surface area contributed by atoms with Crippen LogP contribution in [0.3, 0.4) is 0 Å². The van der Waals surface area contributed by atoms with E-state index in [0.29, 0.717) is 5.82 Å². The third-order valence-electron chi connectivity index (χ3n) is 7.41. The van der Waals surface area contributed by atoms with Gasteiger partial charge in [-0.3, -0.25) is 4.40 Å². The van der Waals surface area contributed by atoms with Gasteiger partial charge in [0.15, 0.2) is 5.82 Å². The van der Waals surface area contributed by atoms with Crippen LogP contribution in [0.25, 0.3) is 72.7 Å². The summed E-state index contributed by atoms with van der Waals surface area (Å²) in [6.45, 7) is 0. The number of aromatic nitrogens is 5. The zero-order valence-corrected chi connectivity index (χ0v) is 22.0. The molecule has 0 aliphatic rings. The van der Waals surface area contributed by atoms with Crippen molar-refractivity contribution in [1.29, 1.82) is 0 Å². The van der Waals surface area contributed by atoms with Crippen LogP contribution in [-0.4, -0.2) is 24.3 Å². The molecule has 0 amide bonds. The highest BCUT2D eigenvalue weighted by Gasteiger charge is 2.17. The number of pyridine rings is 2. The van der Waals surface area contributed by atoms with Crippen LogP contribution >= 0.6 is 0 Å². The minimum absolute atomic E-state index is 0.695. The molecular weight excluding hydrogens is 502 g/mol. The van der Waals surface area contributed by atoms with E-state index in [-0.39, 0.29) is 0 Å². The first-order chi connectivity index (χ1) is 20.3.